The van der Waals surface area contributed by atoms with Gasteiger partial charge in [0.1, 0.15) is 5.56 Å². The van der Waals surface area contributed by atoms with Gasteiger partial charge in [-0.25, -0.2) is 4.98 Å². The summed E-state index contributed by atoms with van der Waals surface area (Å²) in [5.74, 6) is 0.0474. The number of hydrogen-bond acceptors (Lipinski definition) is 4. The molecule has 3 N–H and O–H groups in total. The van der Waals surface area contributed by atoms with E-state index in [-0.39, 0.29) is 11.9 Å². The quantitative estimate of drug-likeness (QED) is 0.762. The second-order valence-electron chi connectivity index (χ2n) is 3.61. The standard InChI is InChI=1S/C11H15N3O2S/c1-7(6-9(12)17)14-10(15)8-4-3-5-13-11(8)16-2/h3-5,7H,6H2,1-2H3,(H2,12,17)(H,14,15). The molecule has 0 saturated carbocycles. The van der Waals surface area contributed by atoms with Gasteiger partial charge in [0.05, 0.1) is 12.1 Å². The number of thiocarbonyl (C=S) groups is 1. The van der Waals surface area contributed by atoms with Crippen LogP contribution in [-0.4, -0.2) is 29.0 Å². The van der Waals surface area contributed by atoms with Gasteiger partial charge in [-0.15, -0.1) is 0 Å². The van der Waals surface area contributed by atoms with Crippen LogP contribution in [0.5, 0.6) is 5.88 Å². The molecule has 0 aliphatic rings. The van der Waals surface area contributed by atoms with Crippen LogP contribution < -0.4 is 15.8 Å². The van der Waals surface area contributed by atoms with Crippen molar-refractivity contribution >= 4 is 23.1 Å². The molecule has 0 aromatic carbocycles. The average molecular weight is 253 g/mol. The third kappa shape index (κ3) is 3.99. The molecule has 0 saturated heterocycles. The van der Waals surface area contributed by atoms with E-state index in [1.54, 1.807) is 18.3 Å². The van der Waals surface area contributed by atoms with Crippen LogP contribution in [0.25, 0.3) is 0 Å². The summed E-state index contributed by atoms with van der Waals surface area (Å²) in [5, 5.41) is 2.78. The Morgan fingerprint density at radius 1 is 1.71 bits per heavy atom. The number of nitrogens with one attached hydrogen (secondary N) is 1. The highest BCUT2D eigenvalue weighted by Crippen LogP contribution is 2.13. The van der Waals surface area contributed by atoms with Crippen LogP contribution in [0.4, 0.5) is 0 Å². The van der Waals surface area contributed by atoms with Crippen LogP contribution in [0, 0.1) is 0 Å². The van der Waals surface area contributed by atoms with Gasteiger partial charge in [-0.05, 0) is 19.1 Å². The van der Waals surface area contributed by atoms with Gasteiger partial charge in [0, 0.05) is 18.7 Å². The second-order valence-corrected chi connectivity index (χ2v) is 4.13. The molecular weight excluding hydrogens is 238 g/mol. The molecule has 1 atom stereocenters. The van der Waals surface area contributed by atoms with Crippen LogP contribution in [0.3, 0.4) is 0 Å². The maximum atomic E-state index is 11.9. The Labute approximate surface area is 105 Å². The highest BCUT2D eigenvalue weighted by atomic mass is 32.1. The first-order valence-corrected chi connectivity index (χ1v) is 5.53. The van der Waals surface area contributed by atoms with Gasteiger partial charge in [0.2, 0.25) is 5.88 Å². The summed E-state index contributed by atoms with van der Waals surface area (Å²) in [6.45, 7) is 1.83. The molecule has 1 aromatic rings. The first kappa shape index (κ1) is 13.4. The van der Waals surface area contributed by atoms with Crippen LogP contribution in [0.1, 0.15) is 23.7 Å². The molecule has 0 aliphatic carbocycles. The number of methoxy groups -OCH3 is 1. The molecule has 0 radical (unpaired) electrons. The Balaban J connectivity index is 2.72. The Kier molecular flexibility index (Phi) is 4.84. The predicted molar refractivity (Wildman–Crippen MR) is 69.1 cm³/mol. The van der Waals surface area contributed by atoms with Crippen molar-refractivity contribution in [2.45, 2.75) is 19.4 Å². The average Bonchev–Trinajstić information content (AvgIpc) is 2.27. The molecule has 0 bridgehead atoms. The third-order valence-corrected chi connectivity index (χ3v) is 2.26. The number of ether oxygens (including phenoxy) is 1. The van der Waals surface area contributed by atoms with E-state index in [2.05, 4.69) is 10.3 Å². The molecule has 5 nitrogen and oxygen atoms in total. The minimum absolute atomic E-state index is 0.120. The predicted octanol–water partition coefficient (Wildman–Crippen LogP) is 0.885. The minimum Gasteiger partial charge on any atom is -0.480 e. The number of rotatable bonds is 5. The van der Waals surface area contributed by atoms with E-state index in [4.69, 9.17) is 22.7 Å². The molecule has 0 aliphatic heterocycles. The minimum atomic E-state index is -0.251. The van der Waals surface area contributed by atoms with E-state index in [9.17, 15) is 4.79 Å². The number of amides is 1. The Hall–Kier alpha value is -1.69. The van der Waals surface area contributed by atoms with Crippen molar-refractivity contribution in [1.29, 1.82) is 0 Å². The molecule has 1 unspecified atom stereocenters. The fraction of sp³-hybridized carbons (Fsp3) is 0.364. The van der Waals surface area contributed by atoms with Gasteiger partial charge in [-0.1, -0.05) is 12.2 Å². The number of nitrogens with two attached hydrogens (primary N) is 1. The highest BCUT2D eigenvalue weighted by Gasteiger charge is 2.15. The lowest BCUT2D eigenvalue weighted by Gasteiger charge is -2.13. The number of hydrogen-bond donors (Lipinski definition) is 2. The van der Waals surface area contributed by atoms with E-state index in [1.807, 2.05) is 6.92 Å². The molecule has 0 fully saturated rings. The van der Waals surface area contributed by atoms with Crippen LogP contribution in [-0.2, 0) is 0 Å². The lowest BCUT2D eigenvalue weighted by atomic mass is 10.2. The van der Waals surface area contributed by atoms with E-state index < -0.39 is 0 Å². The zero-order chi connectivity index (χ0) is 12.8. The van der Waals surface area contributed by atoms with Crippen molar-refractivity contribution in [1.82, 2.24) is 10.3 Å². The van der Waals surface area contributed by atoms with Crippen molar-refractivity contribution in [2.24, 2.45) is 5.73 Å². The monoisotopic (exact) mass is 253 g/mol. The number of carbonyl (C=O) groups excluding carboxylic acids is 1. The Morgan fingerprint density at radius 3 is 3.00 bits per heavy atom. The summed E-state index contributed by atoms with van der Waals surface area (Å²) in [6, 6.07) is 3.20. The Bertz CT molecular complexity index is 423. The van der Waals surface area contributed by atoms with Crippen molar-refractivity contribution in [2.75, 3.05) is 7.11 Å². The summed E-state index contributed by atoms with van der Waals surface area (Å²) in [6.07, 6.45) is 2.03. The number of aromatic nitrogens is 1. The van der Waals surface area contributed by atoms with Crippen LogP contribution in [0.2, 0.25) is 0 Å². The smallest absolute Gasteiger partial charge is 0.256 e. The topological polar surface area (TPSA) is 77.2 Å². The van der Waals surface area contributed by atoms with E-state index >= 15 is 0 Å². The molecule has 6 heteroatoms. The number of nitrogens with zero attached hydrogens (tertiary/aromatic N) is 1. The van der Waals surface area contributed by atoms with E-state index in [0.29, 0.717) is 22.9 Å². The van der Waals surface area contributed by atoms with Crippen molar-refractivity contribution in [3.8, 4) is 5.88 Å². The van der Waals surface area contributed by atoms with Gasteiger partial charge in [-0.3, -0.25) is 4.79 Å². The normalized spacial score (nSPS) is 11.6. The lowest BCUT2D eigenvalue weighted by molar-refractivity contribution is 0.0937. The molecule has 1 amide bonds. The van der Waals surface area contributed by atoms with Gasteiger partial charge in [0.15, 0.2) is 0 Å². The fourth-order valence-corrected chi connectivity index (χ4v) is 1.63. The number of pyridine rings is 1. The van der Waals surface area contributed by atoms with Gasteiger partial charge in [0.25, 0.3) is 5.91 Å². The largest absolute Gasteiger partial charge is 0.480 e. The summed E-state index contributed by atoms with van der Waals surface area (Å²) < 4.78 is 5.01. The van der Waals surface area contributed by atoms with Gasteiger partial charge < -0.3 is 15.8 Å². The SMILES string of the molecule is COc1ncccc1C(=O)NC(C)CC(N)=S. The summed E-state index contributed by atoms with van der Waals surface area (Å²) in [7, 11) is 1.47. The first-order valence-electron chi connectivity index (χ1n) is 5.12. The number of carbonyl (C=O) groups is 1. The van der Waals surface area contributed by atoms with Crippen LogP contribution >= 0.6 is 12.2 Å². The molecular formula is C11H15N3O2S. The summed E-state index contributed by atoms with van der Waals surface area (Å²) in [4.78, 5) is 16.2. The fourth-order valence-electron chi connectivity index (χ4n) is 1.38. The maximum Gasteiger partial charge on any atom is 0.256 e. The molecule has 1 rings (SSSR count). The van der Waals surface area contributed by atoms with E-state index in [1.165, 1.54) is 7.11 Å². The highest BCUT2D eigenvalue weighted by molar-refractivity contribution is 7.80. The summed E-state index contributed by atoms with van der Waals surface area (Å²) >= 11 is 4.78. The second kappa shape index (κ2) is 6.15. The molecule has 0 spiro atoms. The first-order chi connectivity index (χ1) is 8.04. The lowest BCUT2D eigenvalue weighted by Crippen LogP contribution is -2.35. The molecule has 1 heterocycles. The van der Waals surface area contributed by atoms with Crippen molar-refractivity contribution in [3.63, 3.8) is 0 Å². The van der Waals surface area contributed by atoms with Crippen LogP contribution in [0.15, 0.2) is 18.3 Å². The zero-order valence-electron chi connectivity index (χ0n) is 9.77. The molecule has 1 aromatic heterocycles. The third-order valence-electron chi connectivity index (χ3n) is 2.09. The van der Waals surface area contributed by atoms with Crippen molar-refractivity contribution < 1.29 is 9.53 Å². The van der Waals surface area contributed by atoms with E-state index in [0.717, 1.165) is 0 Å². The summed E-state index contributed by atoms with van der Waals surface area (Å²) in [5.41, 5.74) is 5.80. The van der Waals surface area contributed by atoms with Crippen molar-refractivity contribution in [3.05, 3.63) is 23.9 Å². The molecule has 17 heavy (non-hydrogen) atoms. The van der Waals surface area contributed by atoms with Gasteiger partial charge >= 0.3 is 0 Å². The zero-order valence-corrected chi connectivity index (χ0v) is 10.6. The maximum absolute atomic E-state index is 11.9. The Morgan fingerprint density at radius 2 is 2.41 bits per heavy atom. The molecule has 92 valence electrons. The van der Waals surface area contributed by atoms with Gasteiger partial charge in [-0.2, -0.15) is 0 Å².